The standard InChI is InChI=1S/C21H22ClFN4O4/c22-15-4-6-17(7-5-15)31-13-18(28)26-10-11-27(20(26)19(29)25-9-8-24)21(30)14-2-1-3-16(23)12-14/h1-7,12,20H,8-11,13,24H2,(H,25,29). The van der Waals surface area contributed by atoms with Crippen molar-refractivity contribution < 1.29 is 23.5 Å². The zero-order valence-electron chi connectivity index (χ0n) is 16.6. The van der Waals surface area contributed by atoms with Crippen LogP contribution >= 0.6 is 11.6 Å². The molecule has 3 N–H and O–H groups in total. The average molecular weight is 449 g/mol. The fourth-order valence-electron chi connectivity index (χ4n) is 3.22. The molecule has 1 aliphatic heterocycles. The number of ether oxygens (including phenoxy) is 1. The van der Waals surface area contributed by atoms with Crippen molar-refractivity contribution in [2.45, 2.75) is 6.17 Å². The van der Waals surface area contributed by atoms with Gasteiger partial charge in [-0.1, -0.05) is 17.7 Å². The molecule has 0 aromatic heterocycles. The van der Waals surface area contributed by atoms with Gasteiger partial charge in [-0.25, -0.2) is 4.39 Å². The summed E-state index contributed by atoms with van der Waals surface area (Å²) in [7, 11) is 0. The van der Waals surface area contributed by atoms with Gasteiger partial charge in [0.05, 0.1) is 0 Å². The Balaban J connectivity index is 1.76. The Morgan fingerprint density at radius 1 is 1.13 bits per heavy atom. The number of amides is 3. The molecule has 0 bridgehead atoms. The Morgan fingerprint density at radius 3 is 2.52 bits per heavy atom. The monoisotopic (exact) mass is 448 g/mol. The number of nitrogens with zero attached hydrogens (tertiary/aromatic N) is 2. The number of carbonyl (C=O) groups excluding carboxylic acids is 3. The molecule has 3 amide bonds. The van der Waals surface area contributed by atoms with Crippen LogP contribution in [0.25, 0.3) is 0 Å². The van der Waals surface area contributed by atoms with E-state index < -0.39 is 29.7 Å². The number of nitrogens with two attached hydrogens (primary N) is 1. The molecule has 1 atom stereocenters. The zero-order chi connectivity index (χ0) is 22.4. The maximum atomic E-state index is 13.6. The van der Waals surface area contributed by atoms with Crippen molar-refractivity contribution in [2.75, 3.05) is 32.8 Å². The Kier molecular flexibility index (Phi) is 7.43. The van der Waals surface area contributed by atoms with E-state index in [1.165, 1.54) is 28.0 Å². The highest BCUT2D eigenvalue weighted by atomic mass is 35.5. The SMILES string of the molecule is NCCNC(=O)C1N(C(=O)COc2ccc(Cl)cc2)CCN1C(=O)c1cccc(F)c1. The molecule has 8 nitrogen and oxygen atoms in total. The van der Waals surface area contributed by atoms with Gasteiger partial charge in [0, 0.05) is 36.8 Å². The van der Waals surface area contributed by atoms with Crippen LogP contribution in [0.1, 0.15) is 10.4 Å². The van der Waals surface area contributed by atoms with Crippen LogP contribution in [0.5, 0.6) is 5.75 Å². The summed E-state index contributed by atoms with van der Waals surface area (Å²) < 4.78 is 19.1. The highest BCUT2D eigenvalue weighted by molar-refractivity contribution is 6.30. The van der Waals surface area contributed by atoms with Gasteiger partial charge in [0.1, 0.15) is 11.6 Å². The largest absolute Gasteiger partial charge is 0.484 e. The third-order valence-corrected chi connectivity index (χ3v) is 4.93. The number of hydrogen-bond acceptors (Lipinski definition) is 5. The average Bonchev–Trinajstić information content (AvgIpc) is 3.21. The van der Waals surface area contributed by atoms with Crippen molar-refractivity contribution in [2.24, 2.45) is 5.73 Å². The summed E-state index contributed by atoms with van der Waals surface area (Å²) in [5.74, 6) is -1.71. The predicted octanol–water partition coefficient (Wildman–Crippen LogP) is 1.24. The predicted molar refractivity (Wildman–Crippen MR) is 112 cm³/mol. The number of carbonyl (C=O) groups is 3. The zero-order valence-corrected chi connectivity index (χ0v) is 17.3. The molecule has 1 aliphatic rings. The van der Waals surface area contributed by atoms with Crippen LogP contribution in [0.3, 0.4) is 0 Å². The first-order valence-electron chi connectivity index (χ1n) is 9.63. The molecule has 10 heteroatoms. The Hall–Kier alpha value is -3.17. The minimum atomic E-state index is -1.19. The van der Waals surface area contributed by atoms with Crippen LogP contribution < -0.4 is 15.8 Å². The van der Waals surface area contributed by atoms with E-state index in [1.54, 1.807) is 24.3 Å². The molecule has 2 aromatic rings. The third-order valence-electron chi connectivity index (χ3n) is 4.68. The summed E-state index contributed by atoms with van der Waals surface area (Å²) in [6.07, 6.45) is -1.19. The number of hydrogen-bond donors (Lipinski definition) is 2. The van der Waals surface area contributed by atoms with Gasteiger partial charge in [-0.05, 0) is 42.5 Å². The smallest absolute Gasteiger partial charge is 0.263 e. The fraction of sp³-hybridized carbons (Fsp3) is 0.286. The van der Waals surface area contributed by atoms with E-state index in [0.717, 1.165) is 6.07 Å². The van der Waals surface area contributed by atoms with Crippen molar-refractivity contribution in [3.63, 3.8) is 0 Å². The summed E-state index contributed by atoms with van der Waals surface area (Å²) in [6, 6.07) is 11.6. The van der Waals surface area contributed by atoms with Crippen LogP contribution in [0.15, 0.2) is 48.5 Å². The second-order valence-corrected chi connectivity index (χ2v) is 7.23. The molecule has 164 valence electrons. The number of rotatable bonds is 7. The molecule has 0 radical (unpaired) electrons. The molecule has 2 aromatic carbocycles. The normalized spacial score (nSPS) is 15.6. The highest BCUT2D eigenvalue weighted by Gasteiger charge is 2.42. The van der Waals surface area contributed by atoms with E-state index in [1.807, 2.05) is 0 Å². The van der Waals surface area contributed by atoms with E-state index in [4.69, 9.17) is 22.1 Å². The lowest BCUT2D eigenvalue weighted by atomic mass is 10.2. The van der Waals surface area contributed by atoms with Gasteiger partial charge in [-0.3, -0.25) is 14.4 Å². The van der Waals surface area contributed by atoms with Crippen molar-refractivity contribution in [1.82, 2.24) is 15.1 Å². The van der Waals surface area contributed by atoms with Gasteiger partial charge in [0.25, 0.3) is 17.7 Å². The molecule has 1 saturated heterocycles. The van der Waals surface area contributed by atoms with Crippen LogP contribution in [-0.2, 0) is 9.59 Å². The molecule has 1 heterocycles. The lowest BCUT2D eigenvalue weighted by Crippen LogP contribution is -2.55. The number of benzene rings is 2. The second-order valence-electron chi connectivity index (χ2n) is 6.79. The van der Waals surface area contributed by atoms with Crippen molar-refractivity contribution in [3.05, 3.63) is 64.9 Å². The molecule has 3 rings (SSSR count). The molecule has 31 heavy (non-hydrogen) atoms. The third kappa shape index (κ3) is 5.50. The van der Waals surface area contributed by atoms with Crippen molar-refractivity contribution in [3.8, 4) is 5.75 Å². The summed E-state index contributed by atoms with van der Waals surface area (Å²) in [5, 5.41) is 3.13. The number of halogens is 2. The summed E-state index contributed by atoms with van der Waals surface area (Å²) in [5.41, 5.74) is 5.53. The van der Waals surface area contributed by atoms with Gasteiger partial charge in [0.2, 0.25) is 0 Å². The minimum absolute atomic E-state index is 0.0864. The fourth-order valence-corrected chi connectivity index (χ4v) is 3.34. The lowest BCUT2D eigenvalue weighted by Gasteiger charge is -2.29. The van der Waals surface area contributed by atoms with Crippen LogP contribution in [0.2, 0.25) is 5.02 Å². The van der Waals surface area contributed by atoms with Gasteiger partial charge in [-0.2, -0.15) is 0 Å². The Bertz CT molecular complexity index is 957. The van der Waals surface area contributed by atoms with E-state index in [0.29, 0.717) is 10.8 Å². The maximum Gasteiger partial charge on any atom is 0.263 e. The van der Waals surface area contributed by atoms with Crippen molar-refractivity contribution >= 4 is 29.3 Å². The van der Waals surface area contributed by atoms with E-state index in [2.05, 4.69) is 5.32 Å². The van der Waals surface area contributed by atoms with Crippen LogP contribution in [-0.4, -0.2) is 66.5 Å². The van der Waals surface area contributed by atoms with E-state index in [-0.39, 0.29) is 38.3 Å². The molecular formula is C21H22ClFN4O4. The van der Waals surface area contributed by atoms with Gasteiger partial charge >= 0.3 is 0 Å². The molecule has 0 spiro atoms. The van der Waals surface area contributed by atoms with E-state index in [9.17, 15) is 18.8 Å². The lowest BCUT2D eigenvalue weighted by molar-refractivity contribution is -0.142. The van der Waals surface area contributed by atoms with Crippen molar-refractivity contribution in [1.29, 1.82) is 0 Å². The minimum Gasteiger partial charge on any atom is -0.484 e. The topological polar surface area (TPSA) is 105 Å². The Labute approximate surface area is 183 Å². The molecule has 1 fully saturated rings. The molecular weight excluding hydrogens is 427 g/mol. The van der Waals surface area contributed by atoms with Crippen LogP contribution in [0, 0.1) is 5.82 Å². The summed E-state index contributed by atoms with van der Waals surface area (Å²) in [4.78, 5) is 41.0. The van der Waals surface area contributed by atoms with Crippen LogP contribution in [0.4, 0.5) is 4.39 Å². The summed E-state index contributed by atoms with van der Waals surface area (Å²) in [6.45, 7) is 0.294. The van der Waals surface area contributed by atoms with Gasteiger partial charge in [0.15, 0.2) is 12.8 Å². The maximum absolute atomic E-state index is 13.6. The molecule has 0 saturated carbocycles. The first kappa shape index (κ1) is 22.5. The summed E-state index contributed by atoms with van der Waals surface area (Å²) >= 11 is 5.83. The quantitative estimate of drug-likeness (QED) is 0.663. The highest BCUT2D eigenvalue weighted by Crippen LogP contribution is 2.20. The van der Waals surface area contributed by atoms with Gasteiger partial charge in [-0.15, -0.1) is 0 Å². The first-order valence-corrected chi connectivity index (χ1v) is 10.0. The second kappa shape index (κ2) is 10.2. The first-order chi connectivity index (χ1) is 14.9. The number of nitrogens with one attached hydrogen (secondary N) is 1. The van der Waals surface area contributed by atoms with E-state index >= 15 is 0 Å². The van der Waals surface area contributed by atoms with Gasteiger partial charge < -0.3 is 25.6 Å². The molecule has 0 aliphatic carbocycles. The Morgan fingerprint density at radius 2 is 1.84 bits per heavy atom. The molecule has 1 unspecified atom stereocenters.